The number of morpholine rings is 1. The summed E-state index contributed by atoms with van der Waals surface area (Å²) in [5.41, 5.74) is 0.865. The van der Waals surface area contributed by atoms with Crippen molar-refractivity contribution in [1.82, 2.24) is 4.90 Å². The zero-order valence-electron chi connectivity index (χ0n) is 12.5. The molecule has 1 fully saturated rings. The van der Waals surface area contributed by atoms with Crippen molar-refractivity contribution in [1.29, 1.82) is 0 Å². The van der Waals surface area contributed by atoms with Crippen molar-refractivity contribution in [2.45, 2.75) is 45.0 Å². The number of aliphatic hydroxyl groups excluding tert-OH is 1. The average molecular weight is 342 g/mol. The summed E-state index contributed by atoms with van der Waals surface area (Å²) >= 11 is 3.50. The SMILES string of the molecule is CC1CN(CCC(O)c2ccccc2Br)CC(C)(C)O1. The van der Waals surface area contributed by atoms with E-state index in [1.54, 1.807) is 0 Å². The highest BCUT2D eigenvalue weighted by molar-refractivity contribution is 9.10. The molecule has 4 heteroatoms. The van der Waals surface area contributed by atoms with E-state index in [2.05, 4.69) is 41.6 Å². The monoisotopic (exact) mass is 341 g/mol. The van der Waals surface area contributed by atoms with Crippen LogP contribution in [0, 0.1) is 0 Å². The standard InChI is InChI=1S/C16H24BrNO2/c1-12-10-18(11-16(2,3)20-12)9-8-15(19)13-6-4-5-7-14(13)17/h4-7,12,15,19H,8-11H2,1-3H3. The molecular weight excluding hydrogens is 318 g/mol. The maximum atomic E-state index is 10.3. The van der Waals surface area contributed by atoms with Gasteiger partial charge in [-0.3, -0.25) is 4.90 Å². The number of hydrogen-bond donors (Lipinski definition) is 1. The molecule has 2 atom stereocenters. The smallest absolute Gasteiger partial charge is 0.0813 e. The molecule has 3 nitrogen and oxygen atoms in total. The van der Waals surface area contributed by atoms with Crippen LogP contribution in [0.4, 0.5) is 0 Å². The van der Waals surface area contributed by atoms with Crippen LogP contribution in [0.2, 0.25) is 0 Å². The van der Waals surface area contributed by atoms with Crippen LogP contribution in [-0.4, -0.2) is 41.3 Å². The van der Waals surface area contributed by atoms with Gasteiger partial charge in [0.2, 0.25) is 0 Å². The molecule has 0 amide bonds. The molecule has 0 spiro atoms. The summed E-state index contributed by atoms with van der Waals surface area (Å²) in [5, 5.41) is 10.3. The molecule has 112 valence electrons. The van der Waals surface area contributed by atoms with Gasteiger partial charge in [0.15, 0.2) is 0 Å². The lowest BCUT2D eigenvalue weighted by atomic mass is 10.0. The van der Waals surface area contributed by atoms with Crippen LogP contribution in [-0.2, 0) is 4.74 Å². The van der Waals surface area contributed by atoms with Crippen molar-refractivity contribution in [3.63, 3.8) is 0 Å². The summed E-state index contributed by atoms with van der Waals surface area (Å²) in [7, 11) is 0. The van der Waals surface area contributed by atoms with Gasteiger partial charge < -0.3 is 9.84 Å². The predicted octanol–water partition coefficient (Wildman–Crippen LogP) is 3.37. The van der Waals surface area contributed by atoms with Gasteiger partial charge in [0, 0.05) is 24.1 Å². The lowest BCUT2D eigenvalue weighted by molar-refractivity contribution is -0.130. The minimum atomic E-state index is -0.424. The number of halogens is 1. The number of aliphatic hydroxyl groups is 1. The first kappa shape index (κ1) is 16.0. The van der Waals surface area contributed by atoms with Crippen molar-refractivity contribution < 1.29 is 9.84 Å². The van der Waals surface area contributed by atoms with Gasteiger partial charge in [0.1, 0.15) is 0 Å². The topological polar surface area (TPSA) is 32.7 Å². The fourth-order valence-electron chi connectivity index (χ4n) is 2.96. The Morgan fingerprint density at radius 3 is 2.80 bits per heavy atom. The number of benzene rings is 1. The van der Waals surface area contributed by atoms with Crippen molar-refractivity contribution in [3.8, 4) is 0 Å². The summed E-state index contributed by atoms with van der Waals surface area (Å²) in [4.78, 5) is 2.38. The van der Waals surface area contributed by atoms with Crippen molar-refractivity contribution in [2.75, 3.05) is 19.6 Å². The van der Waals surface area contributed by atoms with E-state index < -0.39 is 6.10 Å². The quantitative estimate of drug-likeness (QED) is 0.911. The first-order chi connectivity index (χ1) is 9.37. The highest BCUT2D eigenvalue weighted by atomic mass is 79.9. The second-order valence-electron chi connectivity index (χ2n) is 6.25. The molecule has 0 saturated carbocycles. The molecule has 2 unspecified atom stereocenters. The van der Waals surface area contributed by atoms with Crippen LogP contribution in [0.3, 0.4) is 0 Å². The zero-order chi connectivity index (χ0) is 14.8. The maximum Gasteiger partial charge on any atom is 0.0813 e. The minimum absolute atomic E-state index is 0.101. The zero-order valence-corrected chi connectivity index (χ0v) is 14.1. The van der Waals surface area contributed by atoms with E-state index >= 15 is 0 Å². The molecule has 0 aliphatic carbocycles. The van der Waals surface area contributed by atoms with Crippen LogP contribution in [0.5, 0.6) is 0 Å². The highest BCUT2D eigenvalue weighted by Gasteiger charge is 2.31. The minimum Gasteiger partial charge on any atom is -0.388 e. The normalized spacial score (nSPS) is 24.6. The lowest BCUT2D eigenvalue weighted by Gasteiger charge is -2.42. The summed E-state index contributed by atoms with van der Waals surface area (Å²) in [6.07, 6.45) is 0.567. The Morgan fingerprint density at radius 1 is 1.45 bits per heavy atom. The van der Waals surface area contributed by atoms with Gasteiger partial charge in [0.25, 0.3) is 0 Å². The first-order valence-electron chi connectivity index (χ1n) is 7.20. The van der Waals surface area contributed by atoms with Gasteiger partial charge >= 0.3 is 0 Å². The van der Waals surface area contributed by atoms with Crippen LogP contribution in [0.1, 0.15) is 38.9 Å². The fraction of sp³-hybridized carbons (Fsp3) is 0.625. The van der Waals surface area contributed by atoms with Gasteiger partial charge in [-0.2, -0.15) is 0 Å². The van der Waals surface area contributed by atoms with E-state index in [1.807, 2.05) is 24.3 Å². The Bertz CT molecular complexity index is 450. The van der Waals surface area contributed by atoms with Gasteiger partial charge in [0.05, 0.1) is 17.8 Å². The predicted molar refractivity (Wildman–Crippen MR) is 84.8 cm³/mol. The third-order valence-corrected chi connectivity index (χ3v) is 4.35. The average Bonchev–Trinajstić information content (AvgIpc) is 2.34. The van der Waals surface area contributed by atoms with Crippen molar-refractivity contribution >= 4 is 15.9 Å². The summed E-state index contributed by atoms with van der Waals surface area (Å²) in [5.74, 6) is 0. The first-order valence-corrected chi connectivity index (χ1v) is 7.99. The molecular formula is C16H24BrNO2. The lowest BCUT2D eigenvalue weighted by Crippen LogP contribution is -2.52. The molecule has 1 aliphatic heterocycles. The third-order valence-electron chi connectivity index (χ3n) is 3.62. The maximum absolute atomic E-state index is 10.3. The van der Waals surface area contributed by atoms with Crippen LogP contribution in [0.15, 0.2) is 28.7 Å². The van der Waals surface area contributed by atoms with Gasteiger partial charge in [-0.15, -0.1) is 0 Å². The number of hydrogen-bond acceptors (Lipinski definition) is 3. The Kier molecular flexibility index (Phi) is 5.24. The van der Waals surface area contributed by atoms with E-state index in [-0.39, 0.29) is 11.7 Å². The highest BCUT2D eigenvalue weighted by Crippen LogP contribution is 2.27. The molecule has 0 bridgehead atoms. The van der Waals surface area contributed by atoms with E-state index in [9.17, 15) is 5.11 Å². The molecule has 0 aromatic heterocycles. The Labute approximate surface area is 130 Å². The Hall–Kier alpha value is -0.420. The van der Waals surface area contributed by atoms with Crippen LogP contribution >= 0.6 is 15.9 Å². The Balaban J connectivity index is 1.90. The number of ether oxygens (including phenoxy) is 1. The molecule has 1 aliphatic rings. The number of nitrogens with zero attached hydrogens (tertiary/aromatic N) is 1. The molecule has 20 heavy (non-hydrogen) atoms. The largest absolute Gasteiger partial charge is 0.388 e. The van der Waals surface area contributed by atoms with Crippen molar-refractivity contribution in [2.24, 2.45) is 0 Å². The molecule has 0 radical (unpaired) electrons. The third kappa shape index (κ3) is 4.29. The van der Waals surface area contributed by atoms with Gasteiger partial charge in [-0.1, -0.05) is 34.1 Å². The molecule has 1 aromatic carbocycles. The Morgan fingerprint density at radius 2 is 2.15 bits per heavy atom. The summed E-state index contributed by atoms with van der Waals surface area (Å²) in [6.45, 7) is 9.10. The van der Waals surface area contributed by atoms with E-state index in [0.29, 0.717) is 0 Å². The molecule has 2 rings (SSSR count). The van der Waals surface area contributed by atoms with Crippen LogP contribution < -0.4 is 0 Å². The second-order valence-corrected chi connectivity index (χ2v) is 7.10. The molecule has 1 heterocycles. The van der Waals surface area contributed by atoms with E-state index in [1.165, 1.54) is 0 Å². The van der Waals surface area contributed by atoms with E-state index in [4.69, 9.17) is 4.74 Å². The second kappa shape index (κ2) is 6.56. The molecule has 1 saturated heterocycles. The summed E-state index contributed by atoms with van der Waals surface area (Å²) < 4.78 is 6.88. The number of rotatable bonds is 4. The molecule has 1 aromatic rings. The fourth-order valence-corrected chi connectivity index (χ4v) is 3.51. The van der Waals surface area contributed by atoms with Crippen molar-refractivity contribution in [3.05, 3.63) is 34.3 Å². The molecule has 1 N–H and O–H groups in total. The van der Waals surface area contributed by atoms with Gasteiger partial charge in [-0.05, 0) is 38.8 Å². The van der Waals surface area contributed by atoms with Gasteiger partial charge in [-0.25, -0.2) is 0 Å². The van der Waals surface area contributed by atoms with Crippen LogP contribution in [0.25, 0.3) is 0 Å². The van der Waals surface area contributed by atoms with E-state index in [0.717, 1.165) is 36.1 Å². The summed E-state index contributed by atoms with van der Waals surface area (Å²) in [6, 6.07) is 7.87.